The van der Waals surface area contributed by atoms with Gasteiger partial charge in [-0.2, -0.15) is 0 Å². The second kappa shape index (κ2) is 7.38. The Morgan fingerprint density at radius 3 is 2.59 bits per heavy atom. The van der Waals surface area contributed by atoms with Gasteiger partial charge in [-0.15, -0.1) is 22.9 Å². The molecule has 0 spiro atoms. The summed E-state index contributed by atoms with van der Waals surface area (Å²) in [5, 5.41) is 0. The van der Waals surface area contributed by atoms with Crippen molar-refractivity contribution in [1.82, 2.24) is 4.98 Å². The van der Waals surface area contributed by atoms with E-state index in [9.17, 15) is 0 Å². The molecule has 0 aliphatic rings. The maximum absolute atomic E-state index is 6.23. The summed E-state index contributed by atoms with van der Waals surface area (Å²) in [6.45, 7) is 6.63. The molecule has 0 N–H and O–H groups in total. The summed E-state index contributed by atoms with van der Waals surface area (Å²) in [5.74, 6) is 0.793. The number of unbranched alkanes of at least 4 members (excludes halogenated alkanes) is 1. The second-order valence-electron chi connectivity index (χ2n) is 4.95. The summed E-state index contributed by atoms with van der Waals surface area (Å²) in [6, 6.07) is 0. The van der Waals surface area contributed by atoms with Crippen molar-refractivity contribution in [2.45, 2.75) is 59.3 Å². The zero-order valence-electron chi connectivity index (χ0n) is 11.3. The van der Waals surface area contributed by atoms with Crippen LogP contribution in [0.2, 0.25) is 0 Å². The standard InChI is InChI=1S/C14H24ClNS/c1-4-6-8-14(5-2,10-15)9-7-13-12(3)16-11-17-13/h11H,4-10H2,1-3H3. The molecule has 0 saturated heterocycles. The lowest BCUT2D eigenvalue weighted by atomic mass is 9.78. The van der Waals surface area contributed by atoms with E-state index in [4.69, 9.17) is 11.6 Å². The minimum absolute atomic E-state index is 0.341. The van der Waals surface area contributed by atoms with Crippen LogP contribution in [-0.2, 0) is 6.42 Å². The second-order valence-corrected chi connectivity index (χ2v) is 6.16. The highest BCUT2D eigenvalue weighted by Crippen LogP contribution is 2.36. The minimum atomic E-state index is 0.341. The number of aromatic nitrogens is 1. The summed E-state index contributed by atoms with van der Waals surface area (Å²) in [6.07, 6.45) is 7.35. The van der Waals surface area contributed by atoms with Crippen molar-refractivity contribution in [2.75, 3.05) is 5.88 Å². The lowest BCUT2D eigenvalue weighted by molar-refractivity contribution is 0.259. The molecule has 3 heteroatoms. The molecular weight excluding hydrogens is 250 g/mol. The van der Waals surface area contributed by atoms with Crippen molar-refractivity contribution >= 4 is 22.9 Å². The van der Waals surface area contributed by atoms with E-state index in [1.54, 1.807) is 11.3 Å². The third-order valence-electron chi connectivity index (χ3n) is 3.82. The van der Waals surface area contributed by atoms with Gasteiger partial charge in [-0.25, -0.2) is 4.98 Å². The van der Waals surface area contributed by atoms with Gasteiger partial charge < -0.3 is 0 Å². The molecule has 0 aliphatic carbocycles. The molecule has 0 aliphatic heterocycles. The highest BCUT2D eigenvalue weighted by atomic mass is 35.5. The van der Waals surface area contributed by atoms with Gasteiger partial charge >= 0.3 is 0 Å². The first-order valence-electron chi connectivity index (χ1n) is 6.62. The van der Waals surface area contributed by atoms with E-state index in [0.717, 1.165) is 12.3 Å². The molecule has 0 radical (unpaired) electrons. The number of thiazole rings is 1. The van der Waals surface area contributed by atoms with Crippen molar-refractivity contribution in [3.63, 3.8) is 0 Å². The Balaban J connectivity index is 2.57. The Morgan fingerprint density at radius 1 is 1.35 bits per heavy atom. The van der Waals surface area contributed by atoms with E-state index in [1.165, 1.54) is 42.7 Å². The molecule has 1 heterocycles. The van der Waals surface area contributed by atoms with Crippen LogP contribution in [0.5, 0.6) is 0 Å². The van der Waals surface area contributed by atoms with Gasteiger partial charge in [0.2, 0.25) is 0 Å². The summed E-state index contributed by atoms with van der Waals surface area (Å²) >= 11 is 8.01. The Labute approximate surface area is 115 Å². The predicted octanol–water partition coefficient (Wildman–Crippen LogP) is 5.21. The van der Waals surface area contributed by atoms with Crippen LogP contribution in [0.4, 0.5) is 0 Å². The molecule has 1 aromatic rings. The molecule has 1 nitrogen and oxygen atoms in total. The van der Waals surface area contributed by atoms with Crippen molar-refractivity contribution < 1.29 is 0 Å². The third-order valence-corrected chi connectivity index (χ3v) is 5.38. The molecule has 0 amide bonds. The summed E-state index contributed by atoms with van der Waals surface area (Å²) in [4.78, 5) is 5.75. The topological polar surface area (TPSA) is 12.9 Å². The highest BCUT2D eigenvalue weighted by molar-refractivity contribution is 7.09. The fourth-order valence-electron chi connectivity index (χ4n) is 2.20. The van der Waals surface area contributed by atoms with Gasteiger partial charge in [-0.3, -0.25) is 0 Å². The number of hydrogen-bond donors (Lipinski definition) is 0. The molecule has 98 valence electrons. The van der Waals surface area contributed by atoms with E-state index in [0.29, 0.717) is 5.41 Å². The summed E-state index contributed by atoms with van der Waals surface area (Å²) in [7, 11) is 0. The fraction of sp³-hybridized carbons (Fsp3) is 0.786. The van der Waals surface area contributed by atoms with Crippen LogP contribution in [-0.4, -0.2) is 10.9 Å². The first-order valence-corrected chi connectivity index (χ1v) is 8.04. The molecule has 0 saturated carbocycles. The van der Waals surface area contributed by atoms with E-state index >= 15 is 0 Å². The van der Waals surface area contributed by atoms with Crippen molar-refractivity contribution in [3.8, 4) is 0 Å². The van der Waals surface area contributed by atoms with Crippen LogP contribution in [0, 0.1) is 12.3 Å². The Morgan fingerprint density at radius 2 is 2.12 bits per heavy atom. The van der Waals surface area contributed by atoms with Crippen LogP contribution in [0.15, 0.2) is 5.51 Å². The molecule has 17 heavy (non-hydrogen) atoms. The first-order chi connectivity index (χ1) is 8.17. The molecule has 0 bridgehead atoms. The smallest absolute Gasteiger partial charge is 0.0797 e. The van der Waals surface area contributed by atoms with Crippen LogP contribution in [0.1, 0.15) is 56.5 Å². The molecule has 0 aromatic carbocycles. The number of halogens is 1. The van der Waals surface area contributed by atoms with Gasteiger partial charge in [0.25, 0.3) is 0 Å². The van der Waals surface area contributed by atoms with E-state index in [2.05, 4.69) is 25.8 Å². The van der Waals surface area contributed by atoms with E-state index in [1.807, 2.05) is 5.51 Å². The minimum Gasteiger partial charge on any atom is -0.250 e. The van der Waals surface area contributed by atoms with Gasteiger partial charge in [0.15, 0.2) is 0 Å². The Kier molecular flexibility index (Phi) is 6.50. The molecule has 1 aromatic heterocycles. The number of hydrogen-bond acceptors (Lipinski definition) is 2. The average molecular weight is 274 g/mol. The summed E-state index contributed by atoms with van der Waals surface area (Å²) in [5.41, 5.74) is 3.49. The lowest BCUT2D eigenvalue weighted by Gasteiger charge is -2.30. The maximum atomic E-state index is 6.23. The molecule has 1 unspecified atom stereocenters. The third kappa shape index (κ3) is 4.26. The fourth-order valence-corrected chi connectivity index (χ4v) is 3.44. The number of rotatable bonds is 8. The zero-order valence-corrected chi connectivity index (χ0v) is 12.8. The van der Waals surface area contributed by atoms with Crippen molar-refractivity contribution in [1.29, 1.82) is 0 Å². The van der Waals surface area contributed by atoms with Gasteiger partial charge in [0.1, 0.15) is 0 Å². The average Bonchev–Trinajstić information content (AvgIpc) is 2.76. The number of aryl methyl sites for hydroxylation is 2. The van der Waals surface area contributed by atoms with Crippen LogP contribution in [0.3, 0.4) is 0 Å². The number of alkyl halides is 1. The van der Waals surface area contributed by atoms with Gasteiger partial charge in [0.05, 0.1) is 11.2 Å². The maximum Gasteiger partial charge on any atom is 0.0797 e. The largest absolute Gasteiger partial charge is 0.250 e. The highest BCUT2D eigenvalue weighted by Gasteiger charge is 2.26. The molecule has 0 fully saturated rings. The Hall–Kier alpha value is -0.0800. The van der Waals surface area contributed by atoms with Crippen molar-refractivity contribution in [2.24, 2.45) is 5.41 Å². The van der Waals surface area contributed by atoms with Crippen LogP contribution < -0.4 is 0 Å². The van der Waals surface area contributed by atoms with E-state index in [-0.39, 0.29) is 0 Å². The predicted molar refractivity (Wildman–Crippen MR) is 78.1 cm³/mol. The van der Waals surface area contributed by atoms with Crippen LogP contribution in [0.25, 0.3) is 0 Å². The van der Waals surface area contributed by atoms with Gasteiger partial charge in [0, 0.05) is 10.8 Å². The monoisotopic (exact) mass is 273 g/mol. The molecule has 1 rings (SSSR count). The normalized spacial score (nSPS) is 14.8. The first kappa shape index (κ1) is 15.0. The van der Waals surface area contributed by atoms with Crippen LogP contribution >= 0.6 is 22.9 Å². The molecular formula is C14H24ClNS. The van der Waals surface area contributed by atoms with Crippen molar-refractivity contribution in [3.05, 3.63) is 16.1 Å². The van der Waals surface area contributed by atoms with Gasteiger partial charge in [-0.1, -0.05) is 26.7 Å². The van der Waals surface area contributed by atoms with Gasteiger partial charge in [-0.05, 0) is 38.0 Å². The number of nitrogens with zero attached hydrogens (tertiary/aromatic N) is 1. The lowest BCUT2D eigenvalue weighted by Crippen LogP contribution is -2.23. The zero-order chi connectivity index (χ0) is 12.7. The quantitative estimate of drug-likeness (QED) is 0.593. The molecule has 1 atom stereocenters. The van der Waals surface area contributed by atoms with E-state index < -0.39 is 0 Å². The summed E-state index contributed by atoms with van der Waals surface area (Å²) < 4.78 is 0. The SMILES string of the molecule is CCCCC(CC)(CCl)CCc1scnc1C. The Bertz CT molecular complexity index is 318.